The number of benzene rings is 1. The van der Waals surface area contributed by atoms with Gasteiger partial charge in [0, 0.05) is 23.8 Å². The topological polar surface area (TPSA) is 46.3 Å². The Morgan fingerprint density at radius 1 is 1.30 bits per heavy atom. The lowest BCUT2D eigenvalue weighted by molar-refractivity contribution is 0.0701. The van der Waals surface area contributed by atoms with Crippen LogP contribution in [0.2, 0.25) is 0 Å². The summed E-state index contributed by atoms with van der Waals surface area (Å²) in [6.45, 7) is 9.07. The summed E-state index contributed by atoms with van der Waals surface area (Å²) < 4.78 is 0. The predicted octanol–water partition coefficient (Wildman–Crippen LogP) is 4.04. The molecule has 0 aliphatic heterocycles. The first-order valence-electron chi connectivity index (χ1n) is 7.14. The Hall–Kier alpha value is -1.22. The lowest BCUT2D eigenvalue weighted by Crippen LogP contribution is -2.38. The zero-order valence-electron chi connectivity index (χ0n) is 13.0. The first-order chi connectivity index (χ1) is 8.97. The van der Waals surface area contributed by atoms with E-state index in [9.17, 15) is 4.79 Å². The number of carbonyl (C=O) groups excluding carboxylic acids is 1. The number of hydrogen-bond acceptors (Lipinski definition) is 2. The largest absolute Gasteiger partial charge is 0.399 e. The van der Waals surface area contributed by atoms with Crippen LogP contribution in [0, 0.1) is 6.92 Å². The van der Waals surface area contributed by atoms with E-state index in [0.29, 0.717) is 5.69 Å². The molecule has 0 aliphatic rings. The third-order valence-electron chi connectivity index (χ3n) is 3.38. The van der Waals surface area contributed by atoms with Crippen molar-refractivity contribution in [3.05, 3.63) is 29.3 Å². The van der Waals surface area contributed by atoms with Crippen molar-refractivity contribution in [3.8, 4) is 0 Å². The van der Waals surface area contributed by atoms with Gasteiger partial charge in [0.15, 0.2) is 0 Å². The zero-order chi connectivity index (χ0) is 14.4. The number of aryl methyl sites for hydroxylation is 1. The molecule has 0 saturated carbocycles. The van der Waals surface area contributed by atoms with Crippen molar-refractivity contribution in [1.82, 2.24) is 4.90 Å². The lowest BCUT2D eigenvalue weighted by Gasteiger charge is -2.27. The van der Waals surface area contributed by atoms with Gasteiger partial charge >= 0.3 is 0 Å². The zero-order valence-corrected chi connectivity index (χ0v) is 13.8. The monoisotopic (exact) mass is 298 g/mol. The first-order valence-corrected chi connectivity index (χ1v) is 7.14. The Morgan fingerprint density at radius 3 is 2.50 bits per heavy atom. The van der Waals surface area contributed by atoms with Crippen LogP contribution in [0.5, 0.6) is 0 Å². The van der Waals surface area contributed by atoms with E-state index in [-0.39, 0.29) is 24.4 Å². The van der Waals surface area contributed by atoms with E-state index in [0.717, 1.165) is 36.9 Å². The highest BCUT2D eigenvalue weighted by Gasteiger charge is 2.19. The number of anilines is 1. The van der Waals surface area contributed by atoms with E-state index >= 15 is 0 Å². The quantitative estimate of drug-likeness (QED) is 0.636. The molecule has 0 heterocycles. The fourth-order valence-corrected chi connectivity index (χ4v) is 2.15. The highest BCUT2D eigenvalue weighted by Crippen LogP contribution is 2.17. The van der Waals surface area contributed by atoms with Crippen LogP contribution < -0.4 is 5.73 Å². The molecule has 2 N–H and O–H groups in total. The van der Waals surface area contributed by atoms with Crippen LogP contribution in [0.1, 0.15) is 56.0 Å². The van der Waals surface area contributed by atoms with Crippen molar-refractivity contribution < 1.29 is 4.79 Å². The Balaban J connectivity index is 0.00000361. The van der Waals surface area contributed by atoms with Crippen molar-refractivity contribution in [2.75, 3.05) is 12.3 Å². The molecular weight excluding hydrogens is 272 g/mol. The Morgan fingerprint density at radius 2 is 1.95 bits per heavy atom. The average molecular weight is 299 g/mol. The number of nitrogens with zero attached hydrogens (tertiary/aromatic N) is 1. The molecule has 0 radical (unpaired) electrons. The van der Waals surface area contributed by atoms with Gasteiger partial charge in [-0.25, -0.2) is 0 Å². The Labute approximate surface area is 128 Å². The van der Waals surface area contributed by atoms with Gasteiger partial charge in [-0.05, 0) is 44.9 Å². The Bertz CT molecular complexity index is 432. The number of halogens is 1. The van der Waals surface area contributed by atoms with Crippen LogP contribution in [0.3, 0.4) is 0 Å². The number of hydrogen-bond donors (Lipinski definition) is 1. The fraction of sp³-hybridized carbons (Fsp3) is 0.562. The predicted molar refractivity (Wildman–Crippen MR) is 88.5 cm³/mol. The van der Waals surface area contributed by atoms with Crippen molar-refractivity contribution in [3.63, 3.8) is 0 Å². The number of amides is 1. The summed E-state index contributed by atoms with van der Waals surface area (Å²) >= 11 is 0. The summed E-state index contributed by atoms with van der Waals surface area (Å²) in [5.74, 6) is 0.0934. The highest BCUT2D eigenvalue weighted by atomic mass is 35.5. The smallest absolute Gasteiger partial charge is 0.254 e. The van der Waals surface area contributed by atoms with Crippen LogP contribution in [0.25, 0.3) is 0 Å². The fourth-order valence-electron chi connectivity index (χ4n) is 2.15. The van der Waals surface area contributed by atoms with E-state index < -0.39 is 0 Å². The van der Waals surface area contributed by atoms with Crippen molar-refractivity contribution >= 4 is 24.0 Å². The summed E-state index contributed by atoms with van der Waals surface area (Å²) in [6.07, 6.45) is 3.38. The highest BCUT2D eigenvalue weighted by molar-refractivity contribution is 5.96. The van der Waals surface area contributed by atoms with Gasteiger partial charge in [0.1, 0.15) is 0 Å². The Kier molecular flexibility index (Phi) is 8.31. The van der Waals surface area contributed by atoms with Crippen LogP contribution in [-0.2, 0) is 0 Å². The lowest BCUT2D eigenvalue weighted by atomic mass is 10.1. The van der Waals surface area contributed by atoms with Crippen molar-refractivity contribution in [2.45, 2.75) is 53.0 Å². The van der Waals surface area contributed by atoms with Crippen LogP contribution >= 0.6 is 12.4 Å². The maximum absolute atomic E-state index is 12.6. The molecule has 0 spiro atoms. The minimum atomic E-state index is 0. The third kappa shape index (κ3) is 5.04. The molecule has 4 heteroatoms. The minimum Gasteiger partial charge on any atom is -0.399 e. The molecule has 0 atom stereocenters. The second-order valence-electron chi connectivity index (χ2n) is 5.37. The van der Waals surface area contributed by atoms with E-state index in [1.165, 1.54) is 0 Å². The first kappa shape index (κ1) is 18.8. The van der Waals surface area contributed by atoms with Crippen LogP contribution in [0.15, 0.2) is 18.2 Å². The molecule has 0 unspecified atom stereocenters. The second kappa shape index (κ2) is 8.85. The van der Waals surface area contributed by atoms with Gasteiger partial charge in [-0.15, -0.1) is 12.4 Å². The summed E-state index contributed by atoms with van der Waals surface area (Å²) in [6, 6.07) is 5.74. The van der Waals surface area contributed by atoms with Crippen LogP contribution in [0.4, 0.5) is 5.69 Å². The van der Waals surface area contributed by atoms with Gasteiger partial charge < -0.3 is 10.6 Å². The van der Waals surface area contributed by atoms with Crippen molar-refractivity contribution in [1.29, 1.82) is 0 Å². The van der Waals surface area contributed by atoms with Gasteiger partial charge in [-0.1, -0.05) is 25.8 Å². The summed E-state index contributed by atoms with van der Waals surface area (Å²) in [5.41, 5.74) is 8.15. The summed E-state index contributed by atoms with van der Waals surface area (Å²) in [7, 11) is 0. The number of nitrogens with two attached hydrogens (primary N) is 1. The molecule has 1 rings (SSSR count). The molecule has 1 aromatic rings. The molecule has 0 saturated heterocycles. The molecular formula is C16H27ClN2O. The van der Waals surface area contributed by atoms with Gasteiger partial charge in [0.25, 0.3) is 5.91 Å². The summed E-state index contributed by atoms with van der Waals surface area (Å²) in [5, 5.41) is 0. The van der Waals surface area contributed by atoms with E-state index in [2.05, 4.69) is 20.8 Å². The number of unbranched alkanes of at least 4 members (excludes halogenated alkanes) is 2. The van der Waals surface area contributed by atoms with E-state index in [1.54, 1.807) is 6.07 Å². The minimum absolute atomic E-state index is 0. The number of carbonyl (C=O) groups is 1. The normalized spacial score (nSPS) is 10.2. The molecule has 0 aromatic heterocycles. The van der Waals surface area contributed by atoms with Gasteiger partial charge in [-0.3, -0.25) is 4.79 Å². The van der Waals surface area contributed by atoms with Crippen LogP contribution in [-0.4, -0.2) is 23.4 Å². The molecule has 114 valence electrons. The molecule has 1 amide bonds. The standard InChI is InChI=1S/C16H26N2O.ClH/c1-5-6-7-10-18(12(2)3)16(19)15-11-14(17)9-8-13(15)4;/h8-9,11-12H,5-7,10,17H2,1-4H3;1H. The molecule has 20 heavy (non-hydrogen) atoms. The maximum Gasteiger partial charge on any atom is 0.254 e. The average Bonchev–Trinajstić information content (AvgIpc) is 2.36. The number of nitrogen functional groups attached to an aromatic ring is 1. The third-order valence-corrected chi connectivity index (χ3v) is 3.38. The molecule has 1 aromatic carbocycles. The second-order valence-corrected chi connectivity index (χ2v) is 5.37. The van der Waals surface area contributed by atoms with E-state index in [1.807, 2.05) is 24.0 Å². The maximum atomic E-state index is 12.6. The molecule has 0 aliphatic carbocycles. The molecule has 0 fully saturated rings. The number of rotatable bonds is 6. The van der Waals surface area contributed by atoms with Gasteiger partial charge in [-0.2, -0.15) is 0 Å². The van der Waals surface area contributed by atoms with Gasteiger partial charge in [0.05, 0.1) is 0 Å². The molecule has 0 bridgehead atoms. The molecule has 3 nitrogen and oxygen atoms in total. The van der Waals surface area contributed by atoms with Gasteiger partial charge in [0.2, 0.25) is 0 Å². The van der Waals surface area contributed by atoms with Crippen molar-refractivity contribution in [2.24, 2.45) is 0 Å². The SMILES string of the molecule is CCCCCN(C(=O)c1cc(N)ccc1C)C(C)C.Cl. The summed E-state index contributed by atoms with van der Waals surface area (Å²) in [4.78, 5) is 14.6. The van der Waals surface area contributed by atoms with E-state index in [4.69, 9.17) is 5.73 Å².